The summed E-state index contributed by atoms with van der Waals surface area (Å²) in [7, 11) is -2.38. The van der Waals surface area contributed by atoms with E-state index in [2.05, 4.69) is 49.1 Å². The van der Waals surface area contributed by atoms with Crippen molar-refractivity contribution >= 4 is 37.2 Å². The van der Waals surface area contributed by atoms with Crippen LogP contribution >= 0.6 is 0 Å². The first-order chi connectivity index (χ1) is 18.7. The average molecular weight is 556 g/mol. The number of carbonyl (C=O) groups excluding carboxylic acids is 2. The highest BCUT2D eigenvalue weighted by Crippen LogP contribution is 2.42. The van der Waals surface area contributed by atoms with Gasteiger partial charge in [-0.25, -0.2) is 4.79 Å². The highest BCUT2D eigenvalue weighted by Gasteiger charge is 2.46. The molecule has 0 spiro atoms. The zero-order chi connectivity index (χ0) is 29.4. The first-order valence-electron chi connectivity index (χ1n) is 13.7. The van der Waals surface area contributed by atoms with E-state index in [9.17, 15) is 14.4 Å². The largest absolute Gasteiger partial charge is 0.459 e. The molecule has 39 heavy (non-hydrogen) atoms. The molecule has 11 heteroatoms. The van der Waals surface area contributed by atoms with Crippen LogP contribution < -0.4 is 10.9 Å². The number of benzene rings is 1. The molecule has 210 valence electrons. The molecule has 3 heterocycles. The van der Waals surface area contributed by atoms with Gasteiger partial charge in [0.25, 0.3) is 5.56 Å². The van der Waals surface area contributed by atoms with Crippen LogP contribution in [-0.4, -0.2) is 53.5 Å². The molecular weight excluding hydrogens is 516 g/mol. The minimum absolute atomic E-state index is 0.0202. The van der Waals surface area contributed by atoms with Crippen LogP contribution in [0, 0.1) is 5.92 Å². The van der Waals surface area contributed by atoms with E-state index in [0.717, 1.165) is 0 Å². The Kier molecular flexibility index (Phi) is 7.74. The molecule has 1 unspecified atom stereocenters. The summed E-state index contributed by atoms with van der Waals surface area (Å²) in [6.07, 6.45) is -1.56. The second-order valence-electron chi connectivity index (χ2n) is 11.6. The molecule has 1 aromatic carbocycles. The number of hydrogen-bond acceptors (Lipinski definition) is 7. The number of H-pyrrole nitrogens is 1. The van der Waals surface area contributed by atoms with Crippen molar-refractivity contribution in [1.29, 1.82) is 0 Å². The summed E-state index contributed by atoms with van der Waals surface area (Å²) in [5.74, 6) is -1.08. The van der Waals surface area contributed by atoms with Crippen molar-refractivity contribution in [3.05, 3.63) is 58.5 Å². The molecule has 0 radical (unpaired) electrons. The Labute approximate surface area is 230 Å². The van der Waals surface area contributed by atoms with Crippen LogP contribution in [0.5, 0.6) is 0 Å². The quantitative estimate of drug-likeness (QED) is 0.301. The van der Waals surface area contributed by atoms with Gasteiger partial charge in [-0.05, 0) is 36.3 Å². The molecule has 1 aliphatic rings. The molecule has 0 aliphatic carbocycles. The lowest BCUT2D eigenvalue weighted by Crippen LogP contribution is -2.45. The second-order valence-corrected chi connectivity index (χ2v) is 16.3. The predicted molar refractivity (Wildman–Crippen MR) is 151 cm³/mol. The minimum atomic E-state index is -2.38. The molecule has 1 amide bonds. The van der Waals surface area contributed by atoms with Crippen LogP contribution in [0.25, 0.3) is 11.0 Å². The smallest absolute Gasteiger partial charge is 0.338 e. The lowest BCUT2D eigenvalue weighted by atomic mass is 10.2. The van der Waals surface area contributed by atoms with Crippen molar-refractivity contribution in [2.45, 2.75) is 77.6 Å². The van der Waals surface area contributed by atoms with Crippen molar-refractivity contribution in [2.24, 2.45) is 5.92 Å². The molecule has 0 bridgehead atoms. The molecule has 4 rings (SSSR count). The molecular formula is C28H38N4O6Si. The zero-order valence-corrected chi connectivity index (χ0v) is 24.5. The summed E-state index contributed by atoms with van der Waals surface area (Å²) in [5.41, 5.74) is 0.271. The Morgan fingerprint density at radius 1 is 1.26 bits per heavy atom. The number of carbonyl (C=O) groups is 2. The number of hydrogen-bond donors (Lipinski definition) is 2. The highest BCUT2D eigenvalue weighted by molar-refractivity contribution is 6.74. The first kappa shape index (κ1) is 27.3. The van der Waals surface area contributed by atoms with E-state index in [0.29, 0.717) is 10.9 Å². The van der Waals surface area contributed by atoms with Gasteiger partial charge < -0.3 is 18.5 Å². The van der Waals surface area contributed by atoms with Gasteiger partial charge in [-0.2, -0.15) is 4.98 Å². The lowest BCUT2D eigenvalue weighted by molar-refractivity contribution is -0.118. The van der Waals surface area contributed by atoms with Gasteiger partial charge >= 0.3 is 5.97 Å². The fourth-order valence-corrected chi connectivity index (χ4v) is 5.15. The molecule has 10 nitrogen and oxygen atoms in total. The van der Waals surface area contributed by atoms with Crippen LogP contribution in [-0.2, 0) is 18.7 Å². The molecule has 1 saturated heterocycles. The third kappa shape index (κ3) is 6.31. The van der Waals surface area contributed by atoms with Crippen LogP contribution in [0.1, 0.15) is 59.0 Å². The summed E-state index contributed by atoms with van der Waals surface area (Å²) in [6, 6.07) is 10.2. The first-order valence-corrected chi connectivity index (χ1v) is 16.0. The standard InChI is InChI=1S/C28H38N4O6Si/c1-17(2)23(33)30-27-29-22-20(24(34)31-27)13-14-32(22)25-21(38-39(6,7)28(3,4)5)15-19(37-25)16-36-26(35)18-11-9-8-10-12-18/h8-14,17,19,21,25H,15-16H2,1-7H3,(H2,29,30,31,33,34)/t19-,21-,25+/m0/s1/i15D/t15?,19-,21-,25+. The maximum Gasteiger partial charge on any atom is 0.338 e. The van der Waals surface area contributed by atoms with E-state index < -0.39 is 44.7 Å². The molecule has 1 fully saturated rings. The van der Waals surface area contributed by atoms with Gasteiger partial charge in [0.05, 0.1) is 23.2 Å². The van der Waals surface area contributed by atoms with Gasteiger partial charge in [-0.3, -0.25) is 19.9 Å². The fraction of sp³-hybridized carbons (Fsp3) is 0.500. The number of anilines is 1. The summed E-state index contributed by atoms with van der Waals surface area (Å²) in [6.45, 7) is 13.9. The summed E-state index contributed by atoms with van der Waals surface area (Å²) in [4.78, 5) is 44.8. The Hall–Kier alpha value is -3.28. The normalized spacial score (nSPS) is 22.2. The van der Waals surface area contributed by atoms with Crippen LogP contribution in [0.2, 0.25) is 18.1 Å². The van der Waals surface area contributed by atoms with Crippen molar-refractivity contribution in [3.63, 3.8) is 0 Å². The van der Waals surface area contributed by atoms with Crippen molar-refractivity contribution < 1.29 is 24.9 Å². The SMILES string of the molecule is [2H]C1[C@@H](COC(=O)c2ccccc2)O[C@@H](n2ccc3c(=O)[nH]c(NC(=O)C(C)C)nc32)[C@H]1O[Si](C)(C)C(C)(C)C. The Balaban J connectivity index is 1.68. The summed E-state index contributed by atoms with van der Waals surface area (Å²) >= 11 is 0. The fourth-order valence-electron chi connectivity index (χ4n) is 3.93. The van der Waals surface area contributed by atoms with Gasteiger partial charge in [-0.1, -0.05) is 52.8 Å². The van der Waals surface area contributed by atoms with E-state index in [1.807, 2.05) is 6.07 Å². The third-order valence-electron chi connectivity index (χ3n) is 7.25. The van der Waals surface area contributed by atoms with Crippen LogP contribution in [0.4, 0.5) is 5.95 Å². The number of aromatic amines is 1. The number of fused-ring (bicyclic) bond motifs is 1. The predicted octanol–water partition coefficient (Wildman–Crippen LogP) is 4.85. The summed E-state index contributed by atoms with van der Waals surface area (Å²) < 4.78 is 29.3. The number of amides is 1. The van der Waals surface area contributed by atoms with Crippen molar-refractivity contribution in [1.82, 2.24) is 14.5 Å². The monoisotopic (exact) mass is 555 g/mol. The maximum absolute atomic E-state index is 12.8. The zero-order valence-electron chi connectivity index (χ0n) is 24.5. The molecule has 4 atom stereocenters. The molecule has 2 N–H and O–H groups in total. The number of nitrogens with one attached hydrogen (secondary N) is 2. The number of rotatable bonds is 8. The Morgan fingerprint density at radius 2 is 1.95 bits per heavy atom. The maximum atomic E-state index is 12.8. The lowest BCUT2D eigenvalue weighted by Gasteiger charge is -2.39. The van der Waals surface area contributed by atoms with Gasteiger partial charge in [0.15, 0.2) is 20.2 Å². The molecule has 1 aliphatic heterocycles. The van der Waals surface area contributed by atoms with Crippen LogP contribution in [0.15, 0.2) is 47.4 Å². The van der Waals surface area contributed by atoms with E-state index in [1.165, 1.54) is 0 Å². The Bertz CT molecular complexity index is 1430. The summed E-state index contributed by atoms with van der Waals surface area (Å²) in [5, 5.41) is 2.80. The van der Waals surface area contributed by atoms with Gasteiger partial charge in [-0.15, -0.1) is 0 Å². The van der Waals surface area contributed by atoms with Gasteiger partial charge in [0.2, 0.25) is 11.9 Å². The molecule has 2 aromatic heterocycles. The third-order valence-corrected chi connectivity index (χ3v) is 11.7. The highest BCUT2D eigenvalue weighted by atomic mass is 28.4. The number of ether oxygens (including phenoxy) is 2. The van der Waals surface area contributed by atoms with Crippen molar-refractivity contribution in [3.8, 4) is 0 Å². The van der Waals surface area contributed by atoms with E-state index in [-0.39, 0.29) is 35.1 Å². The van der Waals surface area contributed by atoms with Crippen LogP contribution in [0.3, 0.4) is 0 Å². The van der Waals surface area contributed by atoms with Gasteiger partial charge in [0.1, 0.15) is 6.61 Å². The number of aromatic nitrogens is 3. The topological polar surface area (TPSA) is 125 Å². The average Bonchev–Trinajstić information content (AvgIpc) is 3.43. The second kappa shape index (κ2) is 11.1. The number of nitrogens with zero attached hydrogens (tertiary/aromatic N) is 2. The van der Waals surface area contributed by atoms with E-state index >= 15 is 0 Å². The van der Waals surface area contributed by atoms with Gasteiger partial charge in [0, 0.05) is 19.9 Å². The van der Waals surface area contributed by atoms with E-state index in [4.69, 9.17) is 15.3 Å². The number of esters is 1. The minimum Gasteiger partial charge on any atom is -0.459 e. The van der Waals surface area contributed by atoms with Crippen molar-refractivity contribution in [2.75, 3.05) is 11.9 Å². The molecule has 3 aromatic rings. The molecule has 0 saturated carbocycles. The Morgan fingerprint density at radius 3 is 2.59 bits per heavy atom. The van der Waals surface area contributed by atoms with E-state index in [1.54, 1.807) is 54.9 Å².